The largest absolute Gasteiger partial charge is 0.497 e. The number of fused-ring (bicyclic) bond motifs is 1. The molecule has 0 saturated carbocycles. The molecule has 1 amide bonds. The lowest BCUT2D eigenvalue weighted by atomic mass is 10.1. The zero-order chi connectivity index (χ0) is 32.2. The number of carbonyl (C=O) groups is 2. The Morgan fingerprint density at radius 3 is 2.43 bits per heavy atom. The number of thiophene rings is 2. The molecular formula is C28H27F3N4O6S3. The van der Waals surface area contributed by atoms with Crippen molar-refractivity contribution < 1.29 is 41.0 Å². The average molecular weight is 669 g/mol. The molecule has 1 aliphatic heterocycles. The molecular weight excluding hydrogens is 642 g/mol. The third kappa shape index (κ3) is 7.56. The number of halogens is 3. The summed E-state index contributed by atoms with van der Waals surface area (Å²) in [5, 5.41) is 22.0. The zero-order valence-electron chi connectivity index (χ0n) is 23.1. The number of sulfonamides is 1. The number of aliphatic carboxylic acids is 1. The number of likely N-dealkylation sites (tertiary alicyclic amines) is 1. The van der Waals surface area contributed by atoms with Crippen molar-refractivity contribution in [3.8, 4) is 5.75 Å². The van der Waals surface area contributed by atoms with Crippen molar-refractivity contribution in [2.45, 2.75) is 36.6 Å². The van der Waals surface area contributed by atoms with Crippen LogP contribution in [0.15, 0.2) is 69.6 Å². The van der Waals surface area contributed by atoms with Gasteiger partial charge in [0.05, 0.1) is 16.9 Å². The maximum absolute atomic E-state index is 14.0. The summed E-state index contributed by atoms with van der Waals surface area (Å²) in [5.41, 5.74) is 7.29. The Bertz CT molecular complexity index is 1770. The number of nitrogens with two attached hydrogens (primary N) is 1. The molecule has 3 heterocycles. The number of hydrogen-bond acceptors (Lipinski definition) is 8. The lowest BCUT2D eigenvalue weighted by molar-refractivity contribution is -0.192. The first kappa shape index (κ1) is 32.9. The van der Waals surface area contributed by atoms with E-state index in [0.717, 1.165) is 21.9 Å². The molecule has 1 fully saturated rings. The van der Waals surface area contributed by atoms with Crippen LogP contribution < -0.4 is 10.5 Å². The molecule has 1 aliphatic rings. The van der Waals surface area contributed by atoms with Crippen molar-refractivity contribution in [1.29, 1.82) is 5.41 Å². The third-order valence-electron chi connectivity index (χ3n) is 6.70. The highest BCUT2D eigenvalue weighted by molar-refractivity contribution is 7.89. The number of hydrogen-bond donors (Lipinski definition) is 3. The number of alkyl halides is 3. The van der Waals surface area contributed by atoms with Gasteiger partial charge in [-0.3, -0.25) is 10.2 Å². The summed E-state index contributed by atoms with van der Waals surface area (Å²) in [6.45, 7) is 0.902. The summed E-state index contributed by atoms with van der Waals surface area (Å²) in [5.74, 6) is -2.35. The third-order valence-corrected chi connectivity index (χ3v) is 10.3. The van der Waals surface area contributed by atoms with Gasteiger partial charge in [0, 0.05) is 19.6 Å². The average Bonchev–Trinajstić information content (AvgIpc) is 3.74. The van der Waals surface area contributed by atoms with Crippen LogP contribution in [0, 0.1) is 5.41 Å². The Labute approximate surface area is 258 Å². The van der Waals surface area contributed by atoms with E-state index in [0.29, 0.717) is 30.1 Å². The number of carbonyl (C=O) groups excluding carboxylic acids is 1. The quantitative estimate of drug-likeness (QED) is 0.170. The van der Waals surface area contributed by atoms with E-state index in [1.165, 1.54) is 27.0 Å². The highest BCUT2D eigenvalue weighted by atomic mass is 32.2. The minimum atomic E-state index is -5.08. The minimum absolute atomic E-state index is 0.0112. The van der Waals surface area contributed by atoms with Crippen molar-refractivity contribution >= 4 is 61.2 Å². The van der Waals surface area contributed by atoms with Crippen LogP contribution >= 0.6 is 22.7 Å². The first-order chi connectivity index (χ1) is 20.7. The van der Waals surface area contributed by atoms with Crippen molar-refractivity contribution in [2.24, 2.45) is 5.73 Å². The van der Waals surface area contributed by atoms with Gasteiger partial charge >= 0.3 is 12.1 Å². The number of nitrogen functional groups attached to an aromatic ring is 1. The molecule has 2 aromatic heterocycles. The van der Waals surface area contributed by atoms with E-state index in [2.05, 4.69) is 0 Å². The fourth-order valence-electron chi connectivity index (χ4n) is 4.52. The van der Waals surface area contributed by atoms with E-state index in [4.69, 9.17) is 25.8 Å². The molecule has 0 radical (unpaired) electrons. The lowest BCUT2D eigenvalue weighted by Gasteiger charge is -2.27. The van der Waals surface area contributed by atoms with E-state index in [1.54, 1.807) is 42.3 Å². The Hall–Kier alpha value is -3.99. The van der Waals surface area contributed by atoms with E-state index in [1.807, 2.05) is 34.3 Å². The minimum Gasteiger partial charge on any atom is -0.497 e. The number of carboxylic acids is 1. The zero-order valence-corrected chi connectivity index (χ0v) is 25.5. The molecule has 10 nitrogen and oxygen atoms in total. The van der Waals surface area contributed by atoms with Gasteiger partial charge in [0.1, 0.15) is 17.6 Å². The Balaban J connectivity index is 0.000000566. The summed E-state index contributed by atoms with van der Waals surface area (Å²) in [4.78, 5) is 24.9. The van der Waals surface area contributed by atoms with Crippen molar-refractivity contribution in [1.82, 2.24) is 9.21 Å². The molecule has 4 N–H and O–H groups in total. The standard InChI is InChI=1S/C26H26N4O4S3.C2HF3O2/c1-34-21-4-2-19-3-5-22(12-20(19)11-21)37(32,33)30(14-17-7-9-35-15-17)23-6-8-29(26(23)31)13-18-10-24(25(27)28)36-16-18;3-2(4,5)1(6)7/h2-5,7,9-12,15-16,23H,6,8,13-14H2,1H3,(H3,27,28);(H,6,7)/t23-;/m0./s1. The van der Waals surface area contributed by atoms with E-state index < -0.39 is 28.2 Å². The number of carboxylic acid groups (broad SMARTS) is 1. The molecule has 0 unspecified atom stereocenters. The molecule has 16 heteroatoms. The van der Waals surface area contributed by atoms with Crippen molar-refractivity contribution in [2.75, 3.05) is 13.7 Å². The van der Waals surface area contributed by atoms with Crippen LogP contribution in [-0.2, 0) is 32.7 Å². The molecule has 44 heavy (non-hydrogen) atoms. The molecule has 234 valence electrons. The summed E-state index contributed by atoms with van der Waals surface area (Å²) in [6.07, 6.45) is -4.69. The van der Waals surface area contributed by atoms with Gasteiger partial charge < -0.3 is 20.5 Å². The van der Waals surface area contributed by atoms with Gasteiger partial charge in [0.25, 0.3) is 0 Å². The summed E-state index contributed by atoms with van der Waals surface area (Å²) in [6, 6.07) is 13.4. The van der Waals surface area contributed by atoms with Gasteiger partial charge in [0.2, 0.25) is 15.9 Å². The topological polar surface area (TPSA) is 154 Å². The fraction of sp³-hybridized carbons (Fsp3) is 0.250. The maximum atomic E-state index is 14.0. The molecule has 0 aliphatic carbocycles. The second kappa shape index (κ2) is 13.3. The predicted molar refractivity (Wildman–Crippen MR) is 160 cm³/mol. The molecule has 0 spiro atoms. The number of benzene rings is 2. The molecule has 1 atom stereocenters. The summed E-state index contributed by atoms with van der Waals surface area (Å²) >= 11 is 2.84. The number of amidine groups is 1. The Morgan fingerprint density at radius 2 is 1.84 bits per heavy atom. The maximum Gasteiger partial charge on any atom is 0.490 e. The van der Waals surface area contributed by atoms with Crippen LogP contribution in [0.5, 0.6) is 5.75 Å². The van der Waals surface area contributed by atoms with Gasteiger partial charge in [-0.1, -0.05) is 12.1 Å². The number of methoxy groups -OCH3 is 1. The highest BCUT2D eigenvalue weighted by Crippen LogP contribution is 2.31. The first-order valence-corrected chi connectivity index (χ1v) is 16.1. The molecule has 0 bridgehead atoms. The molecule has 5 rings (SSSR count). The molecule has 2 aromatic carbocycles. The predicted octanol–water partition coefficient (Wildman–Crippen LogP) is 4.88. The van der Waals surface area contributed by atoms with Crippen molar-refractivity contribution in [3.05, 3.63) is 80.7 Å². The number of amides is 1. The normalized spacial score (nSPS) is 15.3. The van der Waals surface area contributed by atoms with Gasteiger partial charge in [-0.05, 0) is 80.9 Å². The van der Waals surface area contributed by atoms with Crippen LogP contribution in [0.2, 0.25) is 0 Å². The Morgan fingerprint density at radius 1 is 1.14 bits per heavy atom. The highest BCUT2D eigenvalue weighted by Gasteiger charge is 2.42. The summed E-state index contributed by atoms with van der Waals surface area (Å²) < 4.78 is 66.4. The van der Waals surface area contributed by atoms with Crippen LogP contribution in [0.3, 0.4) is 0 Å². The lowest BCUT2D eigenvalue weighted by Crippen LogP contribution is -2.44. The van der Waals surface area contributed by atoms with Gasteiger partial charge in [-0.2, -0.15) is 28.8 Å². The van der Waals surface area contributed by atoms with Gasteiger partial charge in [-0.25, -0.2) is 13.2 Å². The monoisotopic (exact) mass is 668 g/mol. The molecule has 4 aromatic rings. The number of nitrogens with zero attached hydrogens (tertiary/aromatic N) is 2. The van der Waals surface area contributed by atoms with E-state index >= 15 is 0 Å². The number of rotatable bonds is 9. The van der Waals surface area contributed by atoms with E-state index in [-0.39, 0.29) is 23.2 Å². The second-order valence-electron chi connectivity index (χ2n) is 9.66. The first-order valence-electron chi connectivity index (χ1n) is 12.8. The van der Waals surface area contributed by atoms with Crippen LogP contribution in [0.1, 0.15) is 22.4 Å². The van der Waals surface area contributed by atoms with Crippen LogP contribution in [-0.4, -0.2) is 66.3 Å². The number of nitrogens with one attached hydrogen (secondary N) is 1. The van der Waals surface area contributed by atoms with E-state index in [9.17, 15) is 26.4 Å². The second-order valence-corrected chi connectivity index (χ2v) is 13.2. The van der Waals surface area contributed by atoms with Crippen LogP contribution in [0.25, 0.3) is 10.8 Å². The number of ether oxygens (including phenoxy) is 1. The smallest absolute Gasteiger partial charge is 0.490 e. The molecule has 1 saturated heterocycles. The van der Waals surface area contributed by atoms with Gasteiger partial charge in [0.15, 0.2) is 0 Å². The van der Waals surface area contributed by atoms with Crippen molar-refractivity contribution in [3.63, 3.8) is 0 Å². The Kier molecular flexibility index (Phi) is 9.98. The van der Waals surface area contributed by atoms with Crippen LogP contribution in [0.4, 0.5) is 13.2 Å². The SMILES string of the molecule is COc1ccc2ccc(S(=O)(=O)N(Cc3ccsc3)[C@H]3CCN(Cc4csc(C(=N)N)c4)C3=O)cc2c1.O=C(O)C(F)(F)F. The van der Waals surface area contributed by atoms with Gasteiger partial charge in [-0.15, -0.1) is 11.3 Å². The summed E-state index contributed by atoms with van der Waals surface area (Å²) in [7, 11) is -2.43. The fourth-order valence-corrected chi connectivity index (χ4v) is 7.58.